The molecule has 24 heavy (non-hydrogen) atoms. The fourth-order valence-electron chi connectivity index (χ4n) is 2.58. The van der Waals surface area contributed by atoms with E-state index in [0.717, 1.165) is 10.7 Å². The molecule has 0 spiro atoms. The van der Waals surface area contributed by atoms with Crippen LogP contribution in [-0.2, 0) is 16.2 Å². The van der Waals surface area contributed by atoms with E-state index in [1.165, 1.54) is 34.8 Å². The molecule has 0 bridgehead atoms. The van der Waals surface area contributed by atoms with Gasteiger partial charge in [-0.3, -0.25) is 0 Å². The van der Waals surface area contributed by atoms with Crippen LogP contribution < -0.4 is 5.32 Å². The third kappa shape index (κ3) is 3.04. The summed E-state index contributed by atoms with van der Waals surface area (Å²) in [6.45, 7) is 1.50. The lowest BCUT2D eigenvalue weighted by atomic mass is 10.2. The van der Waals surface area contributed by atoms with E-state index in [1.807, 2.05) is 0 Å². The van der Waals surface area contributed by atoms with E-state index in [9.17, 15) is 21.6 Å². The number of para-hydroxylation sites is 1. The molecule has 1 saturated heterocycles. The molecule has 0 atom stereocenters. The van der Waals surface area contributed by atoms with Crippen molar-refractivity contribution in [3.63, 3.8) is 0 Å². The van der Waals surface area contributed by atoms with Gasteiger partial charge in [0.2, 0.25) is 0 Å². The Bertz CT molecular complexity index is 827. The van der Waals surface area contributed by atoms with Crippen molar-refractivity contribution in [2.24, 2.45) is 0 Å². The van der Waals surface area contributed by atoms with Gasteiger partial charge >= 0.3 is 6.18 Å². The summed E-state index contributed by atoms with van der Waals surface area (Å²) < 4.78 is 67.2. The molecule has 0 unspecified atom stereocenters. The molecule has 2 heterocycles. The van der Waals surface area contributed by atoms with Crippen molar-refractivity contribution >= 4 is 10.0 Å². The van der Waals surface area contributed by atoms with E-state index in [2.05, 4.69) is 10.4 Å². The molecule has 1 aromatic carbocycles. The fourth-order valence-corrected chi connectivity index (χ4v) is 4.11. The SMILES string of the molecule is O=S(=O)(c1ccnn1-c1ccccc1C(F)(F)F)N1CCNCC1. The summed E-state index contributed by atoms with van der Waals surface area (Å²) in [6.07, 6.45) is -3.43. The molecule has 0 aliphatic carbocycles. The molecule has 10 heteroatoms. The first-order valence-corrected chi connectivity index (χ1v) is 8.67. The zero-order valence-corrected chi connectivity index (χ0v) is 13.3. The van der Waals surface area contributed by atoms with Crippen molar-refractivity contribution in [3.05, 3.63) is 42.1 Å². The number of piperazine rings is 1. The first-order valence-electron chi connectivity index (χ1n) is 7.23. The predicted molar refractivity (Wildman–Crippen MR) is 80.2 cm³/mol. The van der Waals surface area contributed by atoms with Crippen molar-refractivity contribution in [3.8, 4) is 5.69 Å². The zero-order chi connectivity index (χ0) is 17.4. The first kappa shape index (κ1) is 16.9. The summed E-state index contributed by atoms with van der Waals surface area (Å²) in [5, 5.41) is 6.57. The van der Waals surface area contributed by atoms with Crippen molar-refractivity contribution in [1.29, 1.82) is 0 Å². The minimum absolute atomic E-state index is 0.258. The minimum Gasteiger partial charge on any atom is -0.314 e. The van der Waals surface area contributed by atoms with Gasteiger partial charge < -0.3 is 5.32 Å². The molecular formula is C14H15F3N4O2S. The van der Waals surface area contributed by atoms with Gasteiger partial charge in [0.25, 0.3) is 10.0 Å². The number of nitrogens with one attached hydrogen (secondary N) is 1. The molecule has 3 rings (SSSR count). The second-order valence-corrected chi connectivity index (χ2v) is 7.14. The lowest BCUT2D eigenvalue weighted by Crippen LogP contribution is -2.46. The van der Waals surface area contributed by atoms with Crippen molar-refractivity contribution in [2.45, 2.75) is 11.2 Å². The average Bonchev–Trinajstić information content (AvgIpc) is 3.05. The van der Waals surface area contributed by atoms with Gasteiger partial charge in [0.1, 0.15) is 0 Å². The summed E-state index contributed by atoms with van der Waals surface area (Å²) in [6, 6.07) is 5.98. The van der Waals surface area contributed by atoms with Crippen LogP contribution in [0.4, 0.5) is 13.2 Å². The molecular weight excluding hydrogens is 345 g/mol. The van der Waals surface area contributed by atoms with Crippen LogP contribution in [0.15, 0.2) is 41.6 Å². The molecule has 0 amide bonds. The molecule has 1 aromatic heterocycles. The monoisotopic (exact) mass is 360 g/mol. The fraction of sp³-hybridized carbons (Fsp3) is 0.357. The number of nitrogens with zero attached hydrogens (tertiary/aromatic N) is 3. The average molecular weight is 360 g/mol. The summed E-state index contributed by atoms with van der Waals surface area (Å²) in [7, 11) is -3.93. The van der Waals surface area contributed by atoms with Crippen LogP contribution in [0.1, 0.15) is 5.56 Å². The Morgan fingerprint density at radius 3 is 2.42 bits per heavy atom. The molecule has 0 radical (unpaired) electrons. The van der Waals surface area contributed by atoms with Crippen LogP contribution in [0.2, 0.25) is 0 Å². The Morgan fingerprint density at radius 2 is 1.75 bits per heavy atom. The maximum Gasteiger partial charge on any atom is 0.418 e. The summed E-state index contributed by atoms with van der Waals surface area (Å²) >= 11 is 0. The van der Waals surface area contributed by atoms with Crippen LogP contribution in [-0.4, -0.2) is 48.7 Å². The summed E-state index contributed by atoms with van der Waals surface area (Å²) in [4.78, 5) is 0. The zero-order valence-electron chi connectivity index (χ0n) is 12.5. The van der Waals surface area contributed by atoms with E-state index >= 15 is 0 Å². The van der Waals surface area contributed by atoms with E-state index in [0.29, 0.717) is 13.1 Å². The highest BCUT2D eigenvalue weighted by atomic mass is 32.2. The lowest BCUT2D eigenvalue weighted by Gasteiger charge is -2.26. The standard InChI is InChI=1S/C14H15F3N4O2S/c15-14(16,17)11-3-1-2-4-12(11)21-13(5-6-19-21)24(22,23)20-9-7-18-8-10-20/h1-6,18H,7-10H2. The van der Waals surface area contributed by atoms with Gasteiger partial charge in [0.05, 0.1) is 17.4 Å². The Hall–Kier alpha value is -1.91. The van der Waals surface area contributed by atoms with E-state index < -0.39 is 21.8 Å². The number of rotatable bonds is 3. The Labute approximate surface area is 136 Å². The van der Waals surface area contributed by atoms with E-state index in [1.54, 1.807) is 0 Å². The number of sulfonamides is 1. The highest BCUT2D eigenvalue weighted by Gasteiger charge is 2.36. The van der Waals surface area contributed by atoms with Crippen LogP contribution in [0.3, 0.4) is 0 Å². The maximum atomic E-state index is 13.2. The number of benzene rings is 1. The van der Waals surface area contributed by atoms with Gasteiger partial charge in [-0.15, -0.1) is 0 Å². The number of hydrogen-bond acceptors (Lipinski definition) is 4. The van der Waals surface area contributed by atoms with Gasteiger partial charge in [0.15, 0.2) is 5.03 Å². The van der Waals surface area contributed by atoms with Gasteiger partial charge in [-0.1, -0.05) is 12.1 Å². The van der Waals surface area contributed by atoms with Gasteiger partial charge in [-0.25, -0.2) is 13.1 Å². The number of alkyl halides is 3. The highest BCUT2D eigenvalue weighted by molar-refractivity contribution is 7.89. The van der Waals surface area contributed by atoms with Crippen LogP contribution >= 0.6 is 0 Å². The van der Waals surface area contributed by atoms with Gasteiger partial charge in [-0.05, 0) is 18.2 Å². The largest absolute Gasteiger partial charge is 0.418 e. The minimum atomic E-state index is -4.61. The molecule has 1 fully saturated rings. The molecule has 1 aliphatic heterocycles. The topological polar surface area (TPSA) is 67.2 Å². The van der Waals surface area contributed by atoms with Crippen LogP contribution in [0, 0.1) is 0 Å². The third-order valence-electron chi connectivity index (χ3n) is 3.73. The second-order valence-electron chi connectivity index (χ2n) is 5.25. The molecule has 2 aromatic rings. The van der Waals surface area contributed by atoms with Crippen molar-refractivity contribution < 1.29 is 21.6 Å². The van der Waals surface area contributed by atoms with E-state index in [-0.39, 0.29) is 23.8 Å². The van der Waals surface area contributed by atoms with Crippen molar-refractivity contribution in [2.75, 3.05) is 26.2 Å². The van der Waals surface area contributed by atoms with E-state index in [4.69, 9.17) is 0 Å². The summed E-state index contributed by atoms with van der Waals surface area (Å²) in [5.41, 5.74) is -1.26. The molecule has 130 valence electrons. The summed E-state index contributed by atoms with van der Waals surface area (Å²) in [5.74, 6) is 0. The quantitative estimate of drug-likeness (QED) is 0.901. The number of halogens is 3. The molecule has 1 aliphatic rings. The van der Waals surface area contributed by atoms with Crippen molar-refractivity contribution in [1.82, 2.24) is 19.4 Å². The normalized spacial score (nSPS) is 17.1. The van der Waals surface area contributed by atoms with Crippen LogP contribution in [0.5, 0.6) is 0 Å². The lowest BCUT2D eigenvalue weighted by molar-refractivity contribution is -0.137. The van der Waals surface area contributed by atoms with Gasteiger partial charge in [0, 0.05) is 26.2 Å². The van der Waals surface area contributed by atoms with Gasteiger partial charge in [-0.2, -0.15) is 22.6 Å². The maximum absolute atomic E-state index is 13.2. The predicted octanol–water partition coefficient (Wildman–Crippen LogP) is 1.48. The van der Waals surface area contributed by atoms with Crippen LogP contribution in [0.25, 0.3) is 5.69 Å². The Balaban J connectivity index is 2.09. The Morgan fingerprint density at radius 1 is 1.08 bits per heavy atom. The molecule has 0 saturated carbocycles. The Kier molecular flexibility index (Phi) is 4.37. The second kappa shape index (κ2) is 6.19. The third-order valence-corrected chi connectivity index (χ3v) is 5.61. The molecule has 6 nitrogen and oxygen atoms in total. The number of aromatic nitrogens is 2. The highest BCUT2D eigenvalue weighted by Crippen LogP contribution is 2.34. The number of hydrogen-bond donors (Lipinski definition) is 1. The molecule has 1 N–H and O–H groups in total. The first-order chi connectivity index (χ1) is 11.3. The smallest absolute Gasteiger partial charge is 0.314 e.